The minimum absolute atomic E-state index is 0.0216. The van der Waals surface area contributed by atoms with E-state index >= 15 is 0 Å². The number of amides is 1. The van der Waals surface area contributed by atoms with Crippen LogP contribution in [-0.4, -0.2) is 41.3 Å². The van der Waals surface area contributed by atoms with Gasteiger partial charge in [-0.1, -0.05) is 6.07 Å². The van der Waals surface area contributed by atoms with Crippen LogP contribution in [-0.2, 0) is 9.47 Å². The molecule has 1 atom stereocenters. The number of nitriles is 1. The van der Waals surface area contributed by atoms with E-state index in [0.29, 0.717) is 47.7 Å². The topological polar surface area (TPSA) is 112 Å². The Hall–Kier alpha value is -2.64. The monoisotopic (exact) mass is 492 g/mol. The summed E-state index contributed by atoms with van der Waals surface area (Å²) in [5.74, 6) is -0.0354. The second-order valence-electron chi connectivity index (χ2n) is 7.69. The summed E-state index contributed by atoms with van der Waals surface area (Å²) < 4.78 is 33.5. The molecular weight excluding hydrogens is 471 g/mol. The maximum Gasteiger partial charge on any atom is 0.404 e. The fraction of sp³-hybridized carbons (Fsp3) is 0.476. The summed E-state index contributed by atoms with van der Waals surface area (Å²) in [4.78, 5) is 11.0. The molecule has 10 heteroatoms. The van der Waals surface area contributed by atoms with E-state index in [9.17, 15) is 9.18 Å². The first-order chi connectivity index (χ1) is 15.0. The van der Waals surface area contributed by atoms with Crippen molar-refractivity contribution >= 4 is 22.0 Å². The summed E-state index contributed by atoms with van der Waals surface area (Å²) in [6.45, 7) is 1.14. The van der Waals surface area contributed by atoms with E-state index in [0.717, 1.165) is 19.3 Å². The second-order valence-corrected chi connectivity index (χ2v) is 8.48. The fourth-order valence-corrected chi connectivity index (χ4v) is 4.61. The number of carbonyl (C=O) groups is 1. The Morgan fingerprint density at radius 3 is 2.68 bits per heavy atom. The molecule has 2 fully saturated rings. The van der Waals surface area contributed by atoms with Gasteiger partial charge in [0.1, 0.15) is 34.3 Å². The van der Waals surface area contributed by atoms with Crippen LogP contribution in [0.5, 0.6) is 5.88 Å². The third-order valence-corrected chi connectivity index (χ3v) is 6.33. The number of nitrogens with two attached hydrogens (primary N) is 1. The Morgan fingerprint density at radius 1 is 1.29 bits per heavy atom. The van der Waals surface area contributed by atoms with Gasteiger partial charge in [-0.3, -0.25) is 0 Å². The number of hydrogen-bond donors (Lipinski definition) is 1. The minimum Gasteiger partial charge on any atom is -0.471 e. The molecule has 1 aliphatic heterocycles. The molecule has 0 radical (unpaired) electrons. The highest BCUT2D eigenvalue weighted by Gasteiger charge is 2.31. The van der Waals surface area contributed by atoms with Crippen molar-refractivity contribution in [1.29, 1.82) is 5.26 Å². The standard InChI is InChI=1S/C21H22BrFN4O4/c22-18-19(12-1-2-13(10-24)17(23)9-12)26-27(20(18)30-16-7-8-29-11-16)14-3-5-15(6-4-14)31-21(25)28/h1-2,9,14-16H,3-8,11H2,(H2,25,28). The number of hydrogen-bond acceptors (Lipinski definition) is 6. The minimum atomic E-state index is -0.763. The molecule has 2 N–H and O–H groups in total. The molecule has 8 nitrogen and oxygen atoms in total. The molecule has 0 spiro atoms. The highest BCUT2D eigenvalue weighted by atomic mass is 79.9. The Labute approximate surface area is 187 Å². The van der Waals surface area contributed by atoms with Gasteiger partial charge < -0.3 is 19.9 Å². The maximum absolute atomic E-state index is 14.2. The predicted octanol–water partition coefficient (Wildman–Crippen LogP) is 4.07. The first kappa shape index (κ1) is 21.6. The van der Waals surface area contributed by atoms with Gasteiger partial charge in [-0.2, -0.15) is 10.4 Å². The quantitative estimate of drug-likeness (QED) is 0.672. The first-order valence-corrected chi connectivity index (χ1v) is 10.9. The normalized spacial score (nSPS) is 23.3. The van der Waals surface area contributed by atoms with Crippen molar-refractivity contribution in [3.8, 4) is 23.2 Å². The third-order valence-electron chi connectivity index (χ3n) is 5.61. The van der Waals surface area contributed by atoms with Crippen LogP contribution in [0, 0.1) is 17.1 Å². The molecule has 1 aromatic heterocycles. The van der Waals surface area contributed by atoms with Crippen molar-refractivity contribution in [1.82, 2.24) is 9.78 Å². The fourth-order valence-electron chi connectivity index (χ4n) is 4.03. The van der Waals surface area contributed by atoms with Crippen molar-refractivity contribution in [2.45, 2.75) is 50.4 Å². The van der Waals surface area contributed by atoms with Crippen LogP contribution >= 0.6 is 15.9 Å². The summed E-state index contributed by atoms with van der Waals surface area (Å²) in [6.07, 6.45) is 2.50. The van der Waals surface area contributed by atoms with Crippen molar-refractivity contribution in [3.05, 3.63) is 34.1 Å². The molecular formula is C21H22BrFN4O4. The number of benzene rings is 1. The Balaban J connectivity index is 1.65. The summed E-state index contributed by atoms with van der Waals surface area (Å²) >= 11 is 3.60. The zero-order chi connectivity index (χ0) is 22.0. The van der Waals surface area contributed by atoms with Crippen LogP contribution in [0.1, 0.15) is 43.7 Å². The lowest BCUT2D eigenvalue weighted by atomic mass is 9.93. The van der Waals surface area contributed by atoms with E-state index in [2.05, 4.69) is 15.9 Å². The van der Waals surface area contributed by atoms with Gasteiger partial charge in [-0.15, -0.1) is 0 Å². The summed E-state index contributed by atoms with van der Waals surface area (Å²) in [5, 5.41) is 13.7. The number of ether oxygens (including phenoxy) is 3. The average molecular weight is 493 g/mol. The number of nitrogens with zero attached hydrogens (tertiary/aromatic N) is 3. The predicted molar refractivity (Wildman–Crippen MR) is 112 cm³/mol. The number of rotatable bonds is 5. The number of aromatic nitrogens is 2. The first-order valence-electron chi connectivity index (χ1n) is 10.1. The van der Waals surface area contributed by atoms with Crippen molar-refractivity contribution in [2.75, 3.05) is 13.2 Å². The molecule has 2 heterocycles. The van der Waals surface area contributed by atoms with Gasteiger partial charge in [-0.25, -0.2) is 13.9 Å². The van der Waals surface area contributed by atoms with E-state index in [1.807, 2.05) is 10.8 Å². The van der Waals surface area contributed by atoms with Crippen LogP contribution in [0.3, 0.4) is 0 Å². The van der Waals surface area contributed by atoms with E-state index in [1.54, 1.807) is 6.07 Å². The SMILES string of the molecule is N#Cc1ccc(-c2nn(C3CCC(OC(N)=O)CC3)c(OC3CCOC3)c2Br)cc1F. The lowest BCUT2D eigenvalue weighted by Gasteiger charge is -2.29. The molecule has 1 aliphatic carbocycles. The Kier molecular flexibility index (Phi) is 6.43. The average Bonchev–Trinajstić information content (AvgIpc) is 3.37. The number of carbonyl (C=O) groups excluding carboxylic acids is 1. The van der Waals surface area contributed by atoms with Crippen LogP contribution in [0.2, 0.25) is 0 Å². The molecule has 1 amide bonds. The van der Waals surface area contributed by atoms with Crippen molar-refractivity contribution in [2.24, 2.45) is 5.73 Å². The van der Waals surface area contributed by atoms with Crippen LogP contribution in [0.4, 0.5) is 9.18 Å². The molecule has 1 saturated carbocycles. The zero-order valence-electron chi connectivity index (χ0n) is 16.7. The third kappa shape index (κ3) is 4.67. The lowest BCUT2D eigenvalue weighted by Crippen LogP contribution is -2.29. The van der Waals surface area contributed by atoms with Gasteiger partial charge in [0.2, 0.25) is 5.88 Å². The number of halogens is 2. The molecule has 0 bridgehead atoms. The zero-order valence-corrected chi connectivity index (χ0v) is 18.3. The lowest BCUT2D eigenvalue weighted by molar-refractivity contribution is 0.0675. The molecule has 1 unspecified atom stereocenters. The largest absolute Gasteiger partial charge is 0.471 e. The van der Waals surface area contributed by atoms with E-state index < -0.39 is 11.9 Å². The Morgan fingerprint density at radius 2 is 2.06 bits per heavy atom. The second kappa shape index (κ2) is 9.24. The van der Waals surface area contributed by atoms with Gasteiger partial charge in [0.15, 0.2) is 0 Å². The van der Waals surface area contributed by atoms with E-state index in [-0.39, 0.29) is 23.8 Å². The van der Waals surface area contributed by atoms with Gasteiger partial charge in [0.25, 0.3) is 0 Å². The molecule has 31 heavy (non-hydrogen) atoms. The smallest absolute Gasteiger partial charge is 0.404 e. The molecule has 1 aromatic carbocycles. The summed E-state index contributed by atoms with van der Waals surface area (Å²) in [6, 6.07) is 6.26. The van der Waals surface area contributed by atoms with Crippen LogP contribution in [0.25, 0.3) is 11.3 Å². The van der Waals surface area contributed by atoms with Crippen LogP contribution < -0.4 is 10.5 Å². The summed E-state index contributed by atoms with van der Waals surface area (Å²) in [7, 11) is 0. The van der Waals surface area contributed by atoms with Crippen LogP contribution in [0.15, 0.2) is 22.7 Å². The van der Waals surface area contributed by atoms with Gasteiger partial charge in [0.05, 0.1) is 24.8 Å². The van der Waals surface area contributed by atoms with Crippen molar-refractivity contribution < 1.29 is 23.4 Å². The Bertz CT molecular complexity index is 1010. The van der Waals surface area contributed by atoms with Gasteiger partial charge >= 0.3 is 6.09 Å². The maximum atomic E-state index is 14.2. The van der Waals surface area contributed by atoms with Crippen molar-refractivity contribution in [3.63, 3.8) is 0 Å². The molecule has 2 aromatic rings. The molecule has 164 valence electrons. The summed E-state index contributed by atoms with van der Waals surface area (Å²) in [5.41, 5.74) is 6.19. The van der Waals surface area contributed by atoms with Gasteiger partial charge in [-0.05, 0) is 53.7 Å². The number of primary amides is 1. The molecule has 2 aliphatic rings. The van der Waals surface area contributed by atoms with E-state index in [4.69, 9.17) is 30.3 Å². The van der Waals surface area contributed by atoms with E-state index in [1.165, 1.54) is 12.1 Å². The molecule has 1 saturated heterocycles. The van der Waals surface area contributed by atoms with Gasteiger partial charge in [0, 0.05) is 12.0 Å². The highest BCUT2D eigenvalue weighted by molar-refractivity contribution is 9.10. The highest BCUT2D eigenvalue weighted by Crippen LogP contribution is 2.41. The molecule has 4 rings (SSSR count).